The molecule has 4 heterocycles. The molecule has 2 fully saturated rings. The van der Waals surface area contributed by atoms with Gasteiger partial charge in [0.2, 0.25) is 5.91 Å². The average Bonchev–Trinajstić information content (AvgIpc) is 3.28. The number of hydrogen-bond acceptors (Lipinski definition) is 7. The lowest BCUT2D eigenvalue weighted by molar-refractivity contribution is -0.119. The molecule has 0 bridgehead atoms. The number of carbonyl (C=O) groups excluding carboxylic acids is 1. The molecule has 166 valence electrons. The highest BCUT2D eigenvalue weighted by Crippen LogP contribution is 2.29. The van der Waals surface area contributed by atoms with E-state index in [-0.39, 0.29) is 23.0 Å². The lowest BCUT2D eigenvalue weighted by atomic mass is 9.88. The molecule has 2 aromatic heterocycles. The van der Waals surface area contributed by atoms with E-state index in [1.165, 1.54) is 12.4 Å². The largest absolute Gasteiger partial charge is 0.376 e. The molecule has 2 unspecified atom stereocenters. The summed E-state index contributed by atoms with van der Waals surface area (Å²) in [6.07, 6.45) is 5.26. The second-order valence-corrected chi connectivity index (χ2v) is 8.86. The topological polar surface area (TPSA) is 101 Å². The van der Waals surface area contributed by atoms with E-state index in [0.717, 1.165) is 45.2 Å². The number of rotatable bonds is 6. The number of carbonyl (C=O) groups is 1. The minimum absolute atomic E-state index is 0.0969. The van der Waals surface area contributed by atoms with E-state index < -0.39 is 5.82 Å². The molecule has 4 rings (SSSR count). The van der Waals surface area contributed by atoms with Crippen LogP contribution in [0, 0.1) is 17.7 Å². The molecule has 9 heteroatoms. The lowest BCUT2D eigenvalue weighted by Gasteiger charge is -2.35. The smallest absolute Gasteiger partial charge is 0.229 e. The van der Waals surface area contributed by atoms with Crippen LogP contribution >= 0.6 is 0 Å². The summed E-state index contributed by atoms with van der Waals surface area (Å²) in [5.74, 6) is 0.710. The van der Waals surface area contributed by atoms with Crippen LogP contribution in [-0.4, -0.2) is 52.7 Å². The summed E-state index contributed by atoms with van der Waals surface area (Å²) < 4.78 is 20.3. The van der Waals surface area contributed by atoms with Gasteiger partial charge in [0, 0.05) is 31.3 Å². The summed E-state index contributed by atoms with van der Waals surface area (Å²) >= 11 is 0. The van der Waals surface area contributed by atoms with Crippen LogP contribution in [0.2, 0.25) is 0 Å². The van der Waals surface area contributed by atoms with Gasteiger partial charge in [-0.05, 0) is 51.6 Å². The zero-order valence-electron chi connectivity index (χ0n) is 17.9. The Kier molecular flexibility index (Phi) is 6.43. The van der Waals surface area contributed by atoms with Crippen molar-refractivity contribution in [1.82, 2.24) is 20.3 Å². The van der Waals surface area contributed by atoms with Crippen molar-refractivity contribution >= 4 is 17.5 Å². The van der Waals surface area contributed by atoms with Crippen LogP contribution in [0.3, 0.4) is 0 Å². The first-order valence-electron chi connectivity index (χ1n) is 10.8. The molecule has 2 atom stereocenters. The molecule has 8 nitrogen and oxygen atoms in total. The molecule has 0 aromatic carbocycles. The van der Waals surface area contributed by atoms with Crippen molar-refractivity contribution in [3.05, 3.63) is 30.5 Å². The van der Waals surface area contributed by atoms with Gasteiger partial charge in [0.1, 0.15) is 18.0 Å². The van der Waals surface area contributed by atoms with Gasteiger partial charge in [-0.2, -0.15) is 0 Å². The summed E-state index contributed by atoms with van der Waals surface area (Å²) in [7, 11) is 0. The first-order chi connectivity index (χ1) is 14.9. The number of pyridine rings is 1. The highest BCUT2D eigenvalue weighted by atomic mass is 19.1. The number of nitrogens with zero attached hydrogens (tertiary/aromatic N) is 3. The molecular formula is C22H29FN6O2. The zero-order chi connectivity index (χ0) is 21.8. The fourth-order valence-corrected chi connectivity index (χ4v) is 4.19. The summed E-state index contributed by atoms with van der Waals surface area (Å²) in [6, 6.07) is 3.23. The van der Waals surface area contributed by atoms with E-state index in [9.17, 15) is 9.18 Å². The van der Waals surface area contributed by atoms with Crippen LogP contribution < -0.4 is 16.0 Å². The standard InChI is InChI=1S/C22H29FN6O2/c1-22(2)9-14(4-6-31-22)10-25-19-8-18(27-13-28-19)16-7-20(26-12-17(16)23)29-21(30)15-3-5-24-11-15/h7-8,12-15,24H,3-6,9-11H2,1-2H3,(H,25,27,28)(H,26,29,30). The fourth-order valence-electron chi connectivity index (χ4n) is 4.19. The molecule has 0 spiro atoms. The summed E-state index contributed by atoms with van der Waals surface area (Å²) in [5, 5.41) is 9.29. The number of ether oxygens (including phenoxy) is 1. The van der Waals surface area contributed by atoms with Crippen molar-refractivity contribution in [2.24, 2.45) is 11.8 Å². The van der Waals surface area contributed by atoms with Gasteiger partial charge in [0.25, 0.3) is 0 Å². The highest BCUT2D eigenvalue weighted by Gasteiger charge is 2.28. The number of anilines is 2. The highest BCUT2D eigenvalue weighted by molar-refractivity contribution is 5.92. The molecule has 0 aliphatic carbocycles. The Morgan fingerprint density at radius 3 is 2.90 bits per heavy atom. The van der Waals surface area contributed by atoms with Crippen molar-refractivity contribution in [3.63, 3.8) is 0 Å². The normalized spacial score (nSPS) is 22.8. The Hall–Kier alpha value is -2.65. The van der Waals surface area contributed by atoms with Gasteiger partial charge in [-0.1, -0.05) is 0 Å². The van der Waals surface area contributed by atoms with Crippen LogP contribution in [-0.2, 0) is 9.53 Å². The van der Waals surface area contributed by atoms with Crippen molar-refractivity contribution < 1.29 is 13.9 Å². The van der Waals surface area contributed by atoms with Gasteiger partial charge in [-0.15, -0.1) is 0 Å². The van der Waals surface area contributed by atoms with Crippen LogP contribution in [0.4, 0.5) is 16.0 Å². The van der Waals surface area contributed by atoms with E-state index in [1.54, 1.807) is 6.07 Å². The van der Waals surface area contributed by atoms with Gasteiger partial charge < -0.3 is 20.7 Å². The molecular weight excluding hydrogens is 399 g/mol. The molecule has 0 saturated carbocycles. The minimum atomic E-state index is -0.503. The minimum Gasteiger partial charge on any atom is -0.376 e. The van der Waals surface area contributed by atoms with Crippen molar-refractivity contribution in [2.45, 2.75) is 38.7 Å². The maximum atomic E-state index is 14.5. The quantitative estimate of drug-likeness (QED) is 0.650. The van der Waals surface area contributed by atoms with E-state index in [2.05, 4.69) is 44.7 Å². The first-order valence-corrected chi connectivity index (χ1v) is 10.8. The molecule has 2 aromatic rings. The second-order valence-electron chi connectivity index (χ2n) is 8.86. The molecule has 3 N–H and O–H groups in total. The Labute approximate surface area is 181 Å². The summed E-state index contributed by atoms with van der Waals surface area (Å²) in [5.41, 5.74) is 0.590. The summed E-state index contributed by atoms with van der Waals surface area (Å²) in [6.45, 7) is 7.19. The Morgan fingerprint density at radius 2 is 2.13 bits per heavy atom. The van der Waals surface area contributed by atoms with Crippen molar-refractivity contribution in [1.29, 1.82) is 0 Å². The maximum absolute atomic E-state index is 14.5. The Morgan fingerprint density at radius 1 is 1.26 bits per heavy atom. The van der Waals surface area contributed by atoms with E-state index >= 15 is 0 Å². The number of halogens is 1. The number of amides is 1. The third kappa shape index (κ3) is 5.54. The van der Waals surface area contributed by atoms with Crippen molar-refractivity contribution in [3.8, 4) is 11.3 Å². The predicted octanol–water partition coefficient (Wildman–Crippen LogP) is 2.84. The summed E-state index contributed by atoms with van der Waals surface area (Å²) in [4.78, 5) is 24.9. The first kappa shape index (κ1) is 21.6. The number of nitrogens with one attached hydrogen (secondary N) is 3. The third-order valence-corrected chi connectivity index (χ3v) is 5.85. The lowest BCUT2D eigenvalue weighted by Crippen LogP contribution is -2.36. The average molecular weight is 429 g/mol. The van der Waals surface area contributed by atoms with E-state index in [4.69, 9.17) is 4.74 Å². The number of hydrogen-bond donors (Lipinski definition) is 3. The van der Waals surface area contributed by atoms with Crippen LogP contribution in [0.15, 0.2) is 24.7 Å². The zero-order valence-corrected chi connectivity index (χ0v) is 17.9. The Balaban J connectivity index is 1.44. The fraction of sp³-hybridized carbons (Fsp3) is 0.545. The van der Waals surface area contributed by atoms with Crippen LogP contribution in [0.25, 0.3) is 11.3 Å². The monoisotopic (exact) mass is 428 g/mol. The van der Waals surface area contributed by atoms with Gasteiger partial charge in [0.05, 0.1) is 23.4 Å². The van der Waals surface area contributed by atoms with Crippen LogP contribution in [0.5, 0.6) is 0 Å². The SMILES string of the molecule is CC1(C)CC(CNc2cc(-c3cc(NC(=O)C4CCNC4)ncc3F)ncn2)CCO1. The molecule has 0 radical (unpaired) electrons. The van der Waals surface area contributed by atoms with E-state index in [0.29, 0.717) is 29.8 Å². The second kappa shape index (κ2) is 9.23. The number of aromatic nitrogens is 3. The van der Waals surface area contributed by atoms with Crippen LogP contribution in [0.1, 0.15) is 33.1 Å². The predicted molar refractivity (Wildman–Crippen MR) is 116 cm³/mol. The van der Waals surface area contributed by atoms with E-state index in [1.807, 2.05) is 0 Å². The molecule has 2 saturated heterocycles. The van der Waals surface area contributed by atoms with Gasteiger partial charge >= 0.3 is 0 Å². The molecule has 2 aliphatic heterocycles. The van der Waals surface area contributed by atoms with Gasteiger partial charge in [-0.25, -0.2) is 19.3 Å². The van der Waals surface area contributed by atoms with Gasteiger partial charge in [-0.3, -0.25) is 4.79 Å². The van der Waals surface area contributed by atoms with Gasteiger partial charge in [0.15, 0.2) is 5.82 Å². The molecule has 1 amide bonds. The molecule has 31 heavy (non-hydrogen) atoms. The maximum Gasteiger partial charge on any atom is 0.229 e. The van der Waals surface area contributed by atoms with Crippen molar-refractivity contribution in [2.75, 3.05) is 36.9 Å². The molecule has 2 aliphatic rings. The third-order valence-electron chi connectivity index (χ3n) is 5.85. The Bertz CT molecular complexity index is 932.